The smallest absolute Gasteiger partial charge is 0.237 e. The molecule has 21 heavy (non-hydrogen) atoms. The molecule has 0 unspecified atom stereocenters. The van der Waals surface area contributed by atoms with Gasteiger partial charge < -0.3 is 5.11 Å². The van der Waals surface area contributed by atoms with Crippen LogP contribution in [-0.4, -0.2) is 12.5 Å². The monoisotopic (exact) mass is 338 g/mol. The van der Waals surface area contributed by atoms with Crippen LogP contribution in [-0.2, 0) is 12.8 Å². The van der Waals surface area contributed by atoms with Gasteiger partial charge in [0, 0.05) is 0 Å². The van der Waals surface area contributed by atoms with Crippen molar-refractivity contribution < 1.29 is 5.11 Å². The van der Waals surface area contributed by atoms with Gasteiger partial charge >= 0.3 is 0 Å². The molecule has 1 nitrogen and oxygen atoms in total. The molecule has 0 saturated heterocycles. The third-order valence-corrected chi connectivity index (χ3v) is 5.78. The zero-order chi connectivity index (χ0) is 15.2. The number of phenols is 1. The predicted molar refractivity (Wildman–Crippen MR) is 94.9 cm³/mol. The van der Waals surface area contributed by atoms with Gasteiger partial charge in [-0.05, 0) is 59.7 Å². The molecule has 112 valence electrons. The minimum atomic E-state index is -1.54. The van der Waals surface area contributed by atoms with Crippen LogP contribution in [0.2, 0.25) is 6.04 Å². The molecular weight excluding hydrogens is 319 g/mol. The van der Waals surface area contributed by atoms with E-state index in [4.69, 9.17) is 22.2 Å². The highest BCUT2D eigenvalue weighted by Gasteiger charge is 2.08. The Morgan fingerprint density at radius 2 is 1.76 bits per heavy atom. The number of rotatable bonds is 6. The summed E-state index contributed by atoms with van der Waals surface area (Å²) in [6, 6.07) is 15.1. The van der Waals surface area contributed by atoms with E-state index in [2.05, 4.69) is 31.2 Å². The van der Waals surface area contributed by atoms with Gasteiger partial charge in [0.05, 0.1) is 0 Å². The molecule has 2 aromatic carbocycles. The molecule has 0 heterocycles. The number of phenolic OH excluding ortho intramolecular Hbond substituents is 1. The first-order valence-corrected chi connectivity index (χ1v) is 11.6. The molecule has 0 amide bonds. The van der Waals surface area contributed by atoms with E-state index in [1.54, 1.807) is 6.07 Å². The Morgan fingerprint density at radius 1 is 1.05 bits per heavy atom. The van der Waals surface area contributed by atoms with Crippen LogP contribution in [0.1, 0.15) is 24.5 Å². The third-order valence-electron chi connectivity index (χ3n) is 3.63. The molecule has 1 N–H and O–H groups in total. The van der Waals surface area contributed by atoms with Crippen molar-refractivity contribution in [3.63, 3.8) is 0 Å². The maximum Gasteiger partial charge on any atom is 0.237 e. The zero-order valence-electron chi connectivity index (χ0n) is 12.2. The average Bonchev–Trinajstić information content (AvgIpc) is 2.47. The van der Waals surface area contributed by atoms with E-state index in [1.165, 1.54) is 16.7 Å². The van der Waals surface area contributed by atoms with Crippen LogP contribution in [0.15, 0.2) is 42.5 Å². The van der Waals surface area contributed by atoms with E-state index in [1.807, 2.05) is 12.1 Å². The summed E-state index contributed by atoms with van der Waals surface area (Å²) < 4.78 is 0. The van der Waals surface area contributed by atoms with Crippen molar-refractivity contribution in [2.45, 2.75) is 32.2 Å². The van der Waals surface area contributed by atoms with Crippen LogP contribution in [0.25, 0.3) is 11.1 Å². The van der Waals surface area contributed by atoms with E-state index >= 15 is 0 Å². The summed E-state index contributed by atoms with van der Waals surface area (Å²) >= 11 is 11.8. The fourth-order valence-electron chi connectivity index (χ4n) is 2.44. The highest BCUT2D eigenvalue weighted by Crippen LogP contribution is 2.29. The highest BCUT2D eigenvalue weighted by molar-refractivity contribution is 7.33. The first-order chi connectivity index (χ1) is 10.1. The van der Waals surface area contributed by atoms with Gasteiger partial charge in [-0.15, -0.1) is 0 Å². The minimum Gasteiger partial charge on any atom is -0.508 e. The topological polar surface area (TPSA) is 20.2 Å². The van der Waals surface area contributed by atoms with Crippen molar-refractivity contribution in [2.24, 2.45) is 0 Å². The van der Waals surface area contributed by atoms with E-state index in [9.17, 15) is 5.11 Å². The van der Waals surface area contributed by atoms with Crippen molar-refractivity contribution in [3.05, 3.63) is 53.6 Å². The number of aryl methyl sites for hydroxylation is 2. The SMILES string of the molecule is CCc1ccc(-c2ccc(O)cc2CCC[SiH](Cl)Cl)cc1. The summed E-state index contributed by atoms with van der Waals surface area (Å²) in [6.07, 6.45) is 2.90. The van der Waals surface area contributed by atoms with E-state index in [0.29, 0.717) is 5.75 Å². The summed E-state index contributed by atoms with van der Waals surface area (Å²) in [5, 5.41) is 9.73. The summed E-state index contributed by atoms with van der Waals surface area (Å²) in [5.74, 6) is 0.310. The van der Waals surface area contributed by atoms with E-state index in [0.717, 1.165) is 30.9 Å². The first kappa shape index (κ1) is 16.4. The quantitative estimate of drug-likeness (QED) is 0.563. The van der Waals surface area contributed by atoms with Crippen molar-refractivity contribution in [1.82, 2.24) is 0 Å². The fourth-order valence-corrected chi connectivity index (χ4v) is 3.87. The van der Waals surface area contributed by atoms with Gasteiger partial charge in [-0.2, -0.15) is 22.2 Å². The van der Waals surface area contributed by atoms with E-state index < -0.39 is 7.42 Å². The van der Waals surface area contributed by atoms with Crippen LogP contribution in [0, 0.1) is 0 Å². The molecule has 0 aliphatic rings. The standard InChI is InChI=1S/C17H20Cl2OSi/c1-2-13-5-7-14(8-6-13)17-10-9-16(20)12-15(17)4-3-11-21(18)19/h5-10,12,20-21H,2-4,11H2,1H3. The first-order valence-electron chi connectivity index (χ1n) is 7.29. The van der Waals surface area contributed by atoms with Crippen LogP contribution < -0.4 is 0 Å². The maximum atomic E-state index is 9.73. The lowest BCUT2D eigenvalue weighted by atomic mass is 9.95. The van der Waals surface area contributed by atoms with Crippen molar-refractivity contribution >= 4 is 29.6 Å². The normalized spacial score (nSPS) is 11.0. The van der Waals surface area contributed by atoms with Gasteiger partial charge in [0.15, 0.2) is 0 Å². The molecule has 0 fully saturated rings. The number of hydrogen-bond donors (Lipinski definition) is 1. The number of halogens is 2. The number of benzene rings is 2. The molecule has 0 atom stereocenters. The molecule has 0 bridgehead atoms. The van der Waals surface area contributed by atoms with Gasteiger partial charge in [0.2, 0.25) is 7.42 Å². The molecule has 0 aromatic heterocycles. The molecule has 0 aliphatic heterocycles. The fraction of sp³-hybridized carbons (Fsp3) is 0.294. The molecule has 2 rings (SSSR count). The second-order valence-electron chi connectivity index (χ2n) is 5.18. The Labute approximate surface area is 137 Å². The van der Waals surface area contributed by atoms with Crippen LogP contribution >= 0.6 is 22.2 Å². The van der Waals surface area contributed by atoms with Crippen LogP contribution in [0.3, 0.4) is 0 Å². The van der Waals surface area contributed by atoms with Crippen LogP contribution in [0.5, 0.6) is 5.75 Å². The van der Waals surface area contributed by atoms with E-state index in [-0.39, 0.29) is 0 Å². The van der Waals surface area contributed by atoms with Crippen molar-refractivity contribution in [1.29, 1.82) is 0 Å². The highest BCUT2D eigenvalue weighted by atomic mass is 35.7. The summed E-state index contributed by atoms with van der Waals surface area (Å²) in [6.45, 7) is 2.15. The predicted octanol–water partition coefficient (Wildman–Crippen LogP) is 5.25. The van der Waals surface area contributed by atoms with Gasteiger partial charge in [-0.3, -0.25) is 0 Å². The Kier molecular flexibility index (Phi) is 6.16. The largest absolute Gasteiger partial charge is 0.508 e. The Hall–Kier alpha value is -0.963. The molecule has 0 saturated carbocycles. The third kappa shape index (κ3) is 4.77. The van der Waals surface area contributed by atoms with Gasteiger partial charge in [0.25, 0.3) is 0 Å². The molecular formula is C17H20Cl2OSi. The molecule has 2 aromatic rings. The van der Waals surface area contributed by atoms with Gasteiger partial charge in [-0.1, -0.05) is 37.3 Å². The Bertz CT molecular complexity index is 582. The second kappa shape index (κ2) is 7.88. The maximum absolute atomic E-state index is 9.73. The van der Waals surface area contributed by atoms with Gasteiger partial charge in [-0.25, -0.2) is 0 Å². The molecule has 0 radical (unpaired) electrons. The lowest BCUT2D eigenvalue weighted by Crippen LogP contribution is -1.96. The lowest BCUT2D eigenvalue weighted by molar-refractivity contribution is 0.474. The minimum absolute atomic E-state index is 0.310. The van der Waals surface area contributed by atoms with Crippen molar-refractivity contribution in [2.75, 3.05) is 0 Å². The second-order valence-corrected chi connectivity index (χ2v) is 10.4. The molecule has 0 spiro atoms. The summed E-state index contributed by atoms with van der Waals surface area (Å²) in [5.41, 5.74) is 4.85. The summed E-state index contributed by atoms with van der Waals surface area (Å²) in [7, 11) is -1.54. The average molecular weight is 339 g/mol. The van der Waals surface area contributed by atoms with Crippen molar-refractivity contribution in [3.8, 4) is 16.9 Å². The number of aromatic hydroxyl groups is 1. The lowest BCUT2D eigenvalue weighted by Gasteiger charge is -2.11. The van der Waals surface area contributed by atoms with Crippen LogP contribution in [0.4, 0.5) is 0 Å². The molecule has 0 aliphatic carbocycles. The zero-order valence-corrected chi connectivity index (χ0v) is 14.8. The summed E-state index contributed by atoms with van der Waals surface area (Å²) in [4.78, 5) is 0. The number of hydrogen-bond acceptors (Lipinski definition) is 1. The Balaban J connectivity index is 2.24. The Morgan fingerprint density at radius 3 is 2.38 bits per heavy atom. The van der Waals surface area contributed by atoms with Gasteiger partial charge in [0.1, 0.15) is 5.75 Å². The molecule has 4 heteroatoms.